The van der Waals surface area contributed by atoms with Crippen molar-refractivity contribution in [1.29, 1.82) is 0 Å². The van der Waals surface area contributed by atoms with Gasteiger partial charge in [0.2, 0.25) is 0 Å². The van der Waals surface area contributed by atoms with Crippen molar-refractivity contribution in [3.05, 3.63) is 12.7 Å². The second-order valence-corrected chi connectivity index (χ2v) is 16.0. The topological polar surface area (TPSA) is 117 Å². The molecule has 2 bridgehead atoms. The molecule has 4 fully saturated rings. The van der Waals surface area contributed by atoms with Gasteiger partial charge in [0.1, 0.15) is 17.0 Å². The van der Waals surface area contributed by atoms with Gasteiger partial charge in [-0.3, -0.25) is 14.5 Å². The monoisotopic (exact) mass is 604 g/mol. The number of hydrogen-bond acceptors (Lipinski definition) is 8. The van der Waals surface area contributed by atoms with E-state index in [9.17, 15) is 24.6 Å². The number of aliphatic hydroxyl groups excluding tert-OH is 2. The van der Waals surface area contributed by atoms with E-state index in [1.54, 1.807) is 11.0 Å². The zero-order valence-electron chi connectivity index (χ0n) is 27.9. The van der Waals surface area contributed by atoms with Crippen LogP contribution in [0, 0.1) is 34.0 Å². The number of Topliss-reactive ketones (excluding diaryl/α,β-unsaturated/α-hetero) is 1. The molecule has 43 heavy (non-hydrogen) atoms. The first-order valence-electron chi connectivity index (χ1n) is 16.2. The quantitative estimate of drug-likeness (QED) is 0.346. The maximum absolute atomic E-state index is 13.8. The second-order valence-electron chi connectivity index (χ2n) is 16.0. The zero-order chi connectivity index (χ0) is 32.3. The zero-order valence-corrected chi connectivity index (χ0v) is 27.9. The Hall–Kier alpha value is -1.97. The number of aliphatic hydroxyl groups is 2. The third-order valence-electron chi connectivity index (χ3n) is 12.0. The highest BCUT2D eigenvalue weighted by atomic mass is 16.6. The highest BCUT2D eigenvalue weighted by molar-refractivity contribution is 5.86. The molecule has 244 valence electrons. The van der Waals surface area contributed by atoms with Crippen LogP contribution in [0.4, 0.5) is 4.79 Å². The minimum Gasteiger partial charge on any atom is -0.458 e. The van der Waals surface area contributed by atoms with Crippen molar-refractivity contribution < 1.29 is 34.1 Å². The van der Waals surface area contributed by atoms with Crippen molar-refractivity contribution in [2.45, 2.75) is 124 Å². The smallest absolute Gasteiger partial charge is 0.410 e. The van der Waals surface area contributed by atoms with E-state index in [1.165, 1.54) is 0 Å². The highest BCUT2D eigenvalue weighted by Crippen LogP contribution is 2.69. The van der Waals surface area contributed by atoms with Gasteiger partial charge < -0.3 is 24.6 Å². The van der Waals surface area contributed by atoms with Crippen molar-refractivity contribution in [2.75, 3.05) is 26.2 Å². The van der Waals surface area contributed by atoms with Gasteiger partial charge in [0.25, 0.3) is 0 Å². The van der Waals surface area contributed by atoms with Crippen LogP contribution in [0.3, 0.4) is 0 Å². The van der Waals surface area contributed by atoms with E-state index in [4.69, 9.17) is 9.47 Å². The van der Waals surface area contributed by atoms with Crippen molar-refractivity contribution in [3.8, 4) is 0 Å². The van der Waals surface area contributed by atoms with Crippen LogP contribution in [0.15, 0.2) is 12.7 Å². The minimum absolute atomic E-state index is 0.0516. The number of carbonyl (C=O) groups is 3. The number of rotatable bonds is 5. The third-order valence-corrected chi connectivity index (χ3v) is 12.0. The predicted octanol–water partition coefficient (Wildman–Crippen LogP) is 4.59. The number of hydrogen-bond donors (Lipinski definition) is 2. The van der Waals surface area contributed by atoms with Crippen LogP contribution in [0.25, 0.3) is 0 Å². The molecule has 1 saturated heterocycles. The van der Waals surface area contributed by atoms with Crippen LogP contribution in [0.2, 0.25) is 0 Å². The van der Waals surface area contributed by atoms with Crippen LogP contribution >= 0.6 is 0 Å². The largest absolute Gasteiger partial charge is 0.458 e. The van der Waals surface area contributed by atoms with Gasteiger partial charge in [-0.2, -0.15) is 0 Å². The number of ether oxygens (including phenoxy) is 2. The standard InChI is InChI=1S/C34H56N2O7/c1-11-31(8)18-25(38)33(10)27-24(37)12-13-34(27,22(4)28(31)40)15-14-32(33,9)42-26(39)20-35-16-17-36(19-23(35)21(2)3)29(41)43-30(5,6)7/h11,21-23,25,27-28,38,40H,1,12-20H2,2-10H3/t22?,23-,25?,27?,28?,31?,32?,33?,34?/m0/s1. The molecule has 4 rings (SSSR count). The average Bonchev–Trinajstić information content (AvgIpc) is 3.26. The molecule has 1 amide bonds. The predicted molar refractivity (Wildman–Crippen MR) is 164 cm³/mol. The van der Waals surface area contributed by atoms with Gasteiger partial charge in [0.05, 0.1) is 18.8 Å². The molecule has 8 unspecified atom stereocenters. The van der Waals surface area contributed by atoms with Gasteiger partial charge in [0, 0.05) is 48.8 Å². The molecule has 0 aromatic heterocycles. The summed E-state index contributed by atoms with van der Waals surface area (Å²) in [6.07, 6.45) is 2.03. The molecule has 9 heteroatoms. The summed E-state index contributed by atoms with van der Waals surface area (Å²) in [5, 5.41) is 23.6. The summed E-state index contributed by atoms with van der Waals surface area (Å²) in [5.41, 5.74) is -3.96. The van der Waals surface area contributed by atoms with Gasteiger partial charge in [-0.1, -0.05) is 40.7 Å². The minimum atomic E-state index is -1.09. The van der Waals surface area contributed by atoms with Crippen LogP contribution in [-0.2, 0) is 19.1 Å². The highest BCUT2D eigenvalue weighted by Gasteiger charge is 2.72. The molecule has 2 N–H and O–H groups in total. The molecule has 0 spiro atoms. The molecule has 1 aliphatic heterocycles. The van der Waals surface area contributed by atoms with E-state index in [2.05, 4.69) is 25.3 Å². The van der Waals surface area contributed by atoms with Crippen LogP contribution in [0.5, 0.6) is 0 Å². The maximum atomic E-state index is 13.8. The number of esters is 1. The van der Waals surface area contributed by atoms with E-state index < -0.39 is 51.5 Å². The van der Waals surface area contributed by atoms with Crippen LogP contribution < -0.4 is 0 Å². The van der Waals surface area contributed by atoms with E-state index in [1.807, 2.05) is 48.5 Å². The first-order chi connectivity index (χ1) is 19.7. The molecule has 0 aromatic rings. The lowest BCUT2D eigenvalue weighted by Crippen LogP contribution is -2.69. The molecule has 1 heterocycles. The lowest BCUT2D eigenvalue weighted by Gasteiger charge is -2.64. The molecule has 0 radical (unpaired) electrons. The van der Waals surface area contributed by atoms with E-state index in [0.717, 1.165) is 0 Å². The number of piperazine rings is 1. The summed E-state index contributed by atoms with van der Waals surface area (Å²) in [6, 6.07) is -0.0600. The third kappa shape index (κ3) is 5.67. The van der Waals surface area contributed by atoms with Gasteiger partial charge in [0.15, 0.2) is 0 Å². The van der Waals surface area contributed by atoms with Crippen molar-refractivity contribution in [3.63, 3.8) is 0 Å². The Morgan fingerprint density at radius 1 is 1.12 bits per heavy atom. The fourth-order valence-electron chi connectivity index (χ4n) is 9.09. The lowest BCUT2D eigenvalue weighted by atomic mass is 9.42. The van der Waals surface area contributed by atoms with Crippen molar-refractivity contribution in [1.82, 2.24) is 9.80 Å². The Morgan fingerprint density at radius 3 is 2.35 bits per heavy atom. The molecular weight excluding hydrogens is 548 g/mol. The van der Waals surface area contributed by atoms with E-state index in [-0.39, 0.29) is 42.7 Å². The number of ketones is 1. The lowest BCUT2D eigenvalue weighted by molar-refractivity contribution is -0.253. The Kier molecular flexibility index (Phi) is 9.02. The molecule has 3 saturated carbocycles. The Morgan fingerprint density at radius 2 is 1.77 bits per heavy atom. The summed E-state index contributed by atoms with van der Waals surface area (Å²) in [5.74, 6) is -0.849. The second kappa shape index (κ2) is 11.4. The molecule has 3 aliphatic carbocycles. The van der Waals surface area contributed by atoms with Gasteiger partial charge in [-0.05, 0) is 70.6 Å². The van der Waals surface area contributed by atoms with Crippen LogP contribution in [0.1, 0.15) is 94.4 Å². The molecule has 4 aliphatic rings. The van der Waals surface area contributed by atoms with E-state index in [0.29, 0.717) is 45.3 Å². The summed E-state index contributed by atoms with van der Waals surface area (Å²) >= 11 is 0. The summed E-state index contributed by atoms with van der Waals surface area (Å²) in [6.45, 7) is 22.9. The SMILES string of the molecule is C=CC1(C)CC(O)C2(C)C3C(=O)CCC3(CCC2(C)OC(=O)CN2CCN(C(=O)OC(C)(C)C)C[C@H]2C(C)C)C(C)C1O. The molecule has 9 atom stereocenters. The number of amides is 1. The summed E-state index contributed by atoms with van der Waals surface area (Å²) < 4.78 is 12.0. The normalized spacial score (nSPS) is 42.2. The van der Waals surface area contributed by atoms with Crippen LogP contribution in [-0.4, -0.2) is 93.5 Å². The maximum Gasteiger partial charge on any atom is 0.410 e. The van der Waals surface area contributed by atoms with Crippen molar-refractivity contribution >= 4 is 17.8 Å². The Balaban J connectivity index is 1.59. The molecular formula is C34H56N2O7. The van der Waals surface area contributed by atoms with E-state index >= 15 is 0 Å². The van der Waals surface area contributed by atoms with Gasteiger partial charge >= 0.3 is 12.1 Å². The van der Waals surface area contributed by atoms with Crippen molar-refractivity contribution in [2.24, 2.45) is 34.0 Å². The Labute approximate surface area is 258 Å². The summed E-state index contributed by atoms with van der Waals surface area (Å²) in [7, 11) is 0. The fourth-order valence-corrected chi connectivity index (χ4v) is 9.09. The van der Waals surface area contributed by atoms with Gasteiger partial charge in [-0.25, -0.2) is 4.79 Å². The first kappa shape index (κ1) is 33.9. The number of carbonyl (C=O) groups excluding carboxylic acids is 3. The average molecular weight is 605 g/mol. The molecule has 9 nitrogen and oxygen atoms in total. The number of nitrogens with zero attached hydrogens (tertiary/aromatic N) is 2. The first-order valence-corrected chi connectivity index (χ1v) is 16.2. The molecule has 0 aromatic carbocycles. The summed E-state index contributed by atoms with van der Waals surface area (Å²) in [4.78, 5) is 44.1. The van der Waals surface area contributed by atoms with Gasteiger partial charge in [-0.15, -0.1) is 6.58 Å². The Bertz CT molecular complexity index is 1120. The fraction of sp³-hybridized carbons (Fsp3) is 0.853.